The molecule has 0 aromatic heterocycles. The van der Waals surface area contributed by atoms with Crippen molar-refractivity contribution in [3.05, 3.63) is 100 Å². The summed E-state index contributed by atoms with van der Waals surface area (Å²) in [7, 11) is -4.12. The van der Waals surface area contributed by atoms with E-state index in [0.717, 1.165) is 11.6 Å². The number of ether oxygens (including phenoxy) is 1. The first kappa shape index (κ1) is 21.3. The minimum Gasteiger partial charge on any atom is -0.440 e. The highest BCUT2D eigenvalue weighted by Gasteiger charge is 2.33. The number of rotatable bonds is 4. The molecule has 0 amide bonds. The van der Waals surface area contributed by atoms with Crippen molar-refractivity contribution in [2.45, 2.75) is 17.7 Å². The van der Waals surface area contributed by atoms with Crippen LogP contribution in [0.2, 0.25) is 0 Å². The molecule has 0 bridgehead atoms. The summed E-state index contributed by atoms with van der Waals surface area (Å²) in [5.74, 6) is -2.83. The van der Waals surface area contributed by atoms with Crippen molar-refractivity contribution in [1.29, 1.82) is 5.26 Å². The fourth-order valence-corrected chi connectivity index (χ4v) is 4.35. The second kappa shape index (κ2) is 7.98. The summed E-state index contributed by atoms with van der Waals surface area (Å²) in [5, 5.41) is 9.55. The zero-order chi connectivity index (χ0) is 23.0. The summed E-state index contributed by atoms with van der Waals surface area (Å²) in [5.41, 5.74) is 7.08. The molecule has 32 heavy (non-hydrogen) atoms. The van der Waals surface area contributed by atoms with Crippen LogP contribution in [0.25, 0.3) is 0 Å². The minimum absolute atomic E-state index is 0.0244. The first-order valence-corrected chi connectivity index (χ1v) is 10.8. The van der Waals surface area contributed by atoms with Gasteiger partial charge in [0, 0.05) is 23.3 Å². The van der Waals surface area contributed by atoms with E-state index in [0.29, 0.717) is 11.6 Å². The predicted molar refractivity (Wildman–Crippen MR) is 111 cm³/mol. The summed E-state index contributed by atoms with van der Waals surface area (Å²) < 4.78 is 63.8. The van der Waals surface area contributed by atoms with E-state index in [9.17, 15) is 22.5 Å². The van der Waals surface area contributed by atoms with Crippen molar-refractivity contribution in [2.75, 3.05) is 0 Å². The van der Waals surface area contributed by atoms with Gasteiger partial charge in [0.2, 0.25) is 5.88 Å². The lowest BCUT2D eigenvalue weighted by Crippen LogP contribution is -2.22. The van der Waals surface area contributed by atoms with Crippen molar-refractivity contribution < 1.29 is 26.1 Å². The summed E-state index contributed by atoms with van der Waals surface area (Å²) in [6, 6.07) is 15.1. The standard InChI is InChI=1S/C23H16F2N2O4S/c1-13-2-6-16(7-3-13)32(28,29)31-15-5-9-18-21(11-15)30-23(27)19(12-26)22(18)17-8-4-14(24)10-20(17)25/h2-11,22H,27H2,1H3. The van der Waals surface area contributed by atoms with Crippen LogP contribution in [0.3, 0.4) is 0 Å². The maximum absolute atomic E-state index is 14.5. The average Bonchev–Trinajstić information content (AvgIpc) is 2.73. The Hall–Kier alpha value is -3.90. The zero-order valence-electron chi connectivity index (χ0n) is 16.7. The number of halogens is 2. The van der Waals surface area contributed by atoms with Crippen LogP contribution in [0.1, 0.15) is 22.6 Å². The fraction of sp³-hybridized carbons (Fsp3) is 0.0870. The topological polar surface area (TPSA) is 102 Å². The van der Waals surface area contributed by atoms with Crippen LogP contribution in [0, 0.1) is 29.9 Å². The lowest BCUT2D eigenvalue weighted by Gasteiger charge is -2.27. The van der Waals surface area contributed by atoms with Gasteiger partial charge >= 0.3 is 10.1 Å². The molecule has 162 valence electrons. The molecule has 2 N–H and O–H groups in total. The molecule has 6 nitrogen and oxygen atoms in total. The molecule has 0 saturated heterocycles. The van der Waals surface area contributed by atoms with Crippen LogP contribution in [0.4, 0.5) is 8.78 Å². The molecule has 1 atom stereocenters. The van der Waals surface area contributed by atoms with Gasteiger partial charge in [-0.15, -0.1) is 0 Å². The first-order chi connectivity index (χ1) is 15.2. The van der Waals surface area contributed by atoms with Crippen LogP contribution in [-0.2, 0) is 10.1 Å². The monoisotopic (exact) mass is 454 g/mol. The molecule has 1 aliphatic rings. The normalized spacial score (nSPS) is 15.5. The van der Waals surface area contributed by atoms with E-state index in [1.165, 1.54) is 36.4 Å². The van der Waals surface area contributed by atoms with Gasteiger partial charge in [-0.2, -0.15) is 13.7 Å². The van der Waals surface area contributed by atoms with E-state index >= 15 is 0 Å². The smallest absolute Gasteiger partial charge is 0.339 e. The first-order valence-electron chi connectivity index (χ1n) is 9.37. The number of nitriles is 1. The maximum Gasteiger partial charge on any atom is 0.339 e. The SMILES string of the molecule is Cc1ccc(S(=O)(=O)Oc2ccc3c(c2)OC(N)=C(C#N)C3c2ccc(F)cc2F)cc1. The van der Waals surface area contributed by atoms with Crippen molar-refractivity contribution >= 4 is 10.1 Å². The molecule has 1 aliphatic heterocycles. The number of aryl methyl sites for hydroxylation is 1. The van der Waals surface area contributed by atoms with Gasteiger partial charge in [-0.25, -0.2) is 8.78 Å². The lowest BCUT2D eigenvalue weighted by molar-refractivity contribution is 0.390. The molecular formula is C23H16F2N2O4S. The fourth-order valence-electron chi connectivity index (χ4n) is 3.42. The quantitative estimate of drug-likeness (QED) is 0.591. The summed E-state index contributed by atoms with van der Waals surface area (Å²) in [4.78, 5) is -0.0285. The van der Waals surface area contributed by atoms with Gasteiger partial charge in [-0.1, -0.05) is 29.8 Å². The van der Waals surface area contributed by atoms with E-state index in [1.54, 1.807) is 12.1 Å². The molecule has 0 spiro atoms. The molecule has 3 aromatic carbocycles. The maximum atomic E-state index is 14.5. The van der Waals surface area contributed by atoms with Gasteiger partial charge in [0.05, 0.1) is 5.92 Å². The highest BCUT2D eigenvalue weighted by molar-refractivity contribution is 7.87. The Bertz CT molecular complexity index is 1390. The average molecular weight is 454 g/mol. The highest BCUT2D eigenvalue weighted by Crippen LogP contribution is 2.44. The third kappa shape index (κ3) is 3.88. The largest absolute Gasteiger partial charge is 0.440 e. The Morgan fingerprint density at radius 1 is 1.03 bits per heavy atom. The summed E-state index contributed by atoms with van der Waals surface area (Å²) in [6.07, 6.45) is 0. The molecule has 0 aliphatic carbocycles. The van der Waals surface area contributed by atoms with Gasteiger partial charge < -0.3 is 14.7 Å². The molecule has 1 heterocycles. The van der Waals surface area contributed by atoms with Crippen molar-refractivity contribution in [3.63, 3.8) is 0 Å². The third-order valence-corrected chi connectivity index (χ3v) is 6.24. The van der Waals surface area contributed by atoms with Gasteiger partial charge in [-0.05, 0) is 31.2 Å². The number of benzene rings is 3. The second-order valence-corrected chi connectivity index (χ2v) is 8.69. The molecule has 4 rings (SSSR count). The van der Waals surface area contributed by atoms with E-state index in [4.69, 9.17) is 14.7 Å². The Morgan fingerprint density at radius 3 is 2.38 bits per heavy atom. The summed E-state index contributed by atoms with van der Waals surface area (Å²) >= 11 is 0. The zero-order valence-corrected chi connectivity index (χ0v) is 17.5. The van der Waals surface area contributed by atoms with Gasteiger partial charge in [-0.3, -0.25) is 0 Å². The minimum atomic E-state index is -4.12. The Labute approximate surface area is 183 Å². The number of allylic oxidation sites excluding steroid dienone is 1. The van der Waals surface area contributed by atoms with Gasteiger partial charge in [0.15, 0.2) is 0 Å². The molecular weight excluding hydrogens is 438 g/mol. The molecule has 0 saturated carbocycles. The second-order valence-electron chi connectivity index (χ2n) is 7.14. The summed E-state index contributed by atoms with van der Waals surface area (Å²) in [6.45, 7) is 1.83. The van der Waals surface area contributed by atoms with Gasteiger partial charge in [0.1, 0.15) is 39.7 Å². The van der Waals surface area contributed by atoms with Crippen LogP contribution >= 0.6 is 0 Å². The number of hydrogen-bond acceptors (Lipinski definition) is 6. The van der Waals surface area contributed by atoms with E-state index in [-0.39, 0.29) is 33.4 Å². The molecule has 0 fully saturated rings. The molecule has 3 aromatic rings. The Kier molecular flexibility index (Phi) is 5.32. The highest BCUT2D eigenvalue weighted by atomic mass is 32.2. The van der Waals surface area contributed by atoms with Crippen LogP contribution in [-0.4, -0.2) is 8.42 Å². The van der Waals surface area contributed by atoms with Gasteiger partial charge in [0.25, 0.3) is 0 Å². The van der Waals surface area contributed by atoms with Crippen LogP contribution in [0.15, 0.2) is 77.0 Å². The van der Waals surface area contributed by atoms with E-state index in [2.05, 4.69) is 0 Å². The number of nitrogens with two attached hydrogens (primary N) is 1. The van der Waals surface area contributed by atoms with E-state index in [1.807, 2.05) is 13.0 Å². The third-order valence-electron chi connectivity index (χ3n) is 4.98. The van der Waals surface area contributed by atoms with Crippen molar-refractivity contribution in [1.82, 2.24) is 0 Å². The predicted octanol–water partition coefficient (Wildman–Crippen LogP) is 4.26. The molecule has 9 heteroatoms. The lowest BCUT2D eigenvalue weighted by atomic mass is 9.83. The number of nitrogens with zero attached hydrogens (tertiary/aromatic N) is 1. The molecule has 1 unspecified atom stereocenters. The van der Waals surface area contributed by atoms with E-state index < -0.39 is 27.7 Å². The van der Waals surface area contributed by atoms with Crippen molar-refractivity contribution in [3.8, 4) is 17.6 Å². The Morgan fingerprint density at radius 2 is 1.72 bits per heavy atom. The van der Waals surface area contributed by atoms with Crippen LogP contribution < -0.4 is 14.7 Å². The number of fused-ring (bicyclic) bond motifs is 1. The van der Waals surface area contributed by atoms with Crippen LogP contribution in [0.5, 0.6) is 11.5 Å². The number of hydrogen-bond donors (Lipinski definition) is 1. The Balaban J connectivity index is 1.75. The molecule has 0 radical (unpaired) electrons. The van der Waals surface area contributed by atoms with Crippen molar-refractivity contribution in [2.24, 2.45) is 5.73 Å².